The first-order valence-corrected chi connectivity index (χ1v) is 6.49. The fourth-order valence-electron chi connectivity index (χ4n) is 1.91. The molecule has 2 nitrogen and oxygen atoms in total. The third-order valence-corrected chi connectivity index (χ3v) is 2.78. The maximum atomic E-state index is 11.2. The van der Waals surface area contributed by atoms with E-state index in [9.17, 15) is 4.79 Å². The van der Waals surface area contributed by atoms with Crippen LogP contribution in [0.1, 0.15) is 49.9 Å². The Bertz CT molecular complexity index is 394. The topological polar surface area (TPSA) is 29.1 Å². The Labute approximate surface area is 105 Å². The number of hydrogen-bond acceptors (Lipinski definition) is 1. The average molecular weight is 235 g/mol. The molecular formula is C15H25NO. The molecule has 0 radical (unpaired) electrons. The summed E-state index contributed by atoms with van der Waals surface area (Å²) in [5.41, 5.74) is 5.91. The van der Waals surface area contributed by atoms with Crippen LogP contribution in [-0.2, 0) is 11.2 Å². The zero-order chi connectivity index (χ0) is 13.6. The summed E-state index contributed by atoms with van der Waals surface area (Å²) in [5, 5.41) is 2.89. The maximum absolute atomic E-state index is 11.2. The standard InChI is InChI=1S/C11H13NO.2C2H6/c1-6-4-7(2)11-9(8(6)3)5-10(13)12-11;2*1-2/h4H,5H2,1-3H3,(H,12,13);2*1-2H3. The van der Waals surface area contributed by atoms with Crippen LogP contribution >= 0.6 is 0 Å². The first-order valence-electron chi connectivity index (χ1n) is 6.49. The molecule has 1 N–H and O–H groups in total. The van der Waals surface area contributed by atoms with E-state index in [4.69, 9.17) is 0 Å². The zero-order valence-corrected chi connectivity index (χ0v) is 12.2. The molecule has 1 aliphatic heterocycles. The second-order valence-corrected chi connectivity index (χ2v) is 3.71. The van der Waals surface area contributed by atoms with Crippen molar-refractivity contribution in [1.82, 2.24) is 0 Å². The molecule has 1 aromatic rings. The highest BCUT2D eigenvalue weighted by atomic mass is 16.1. The van der Waals surface area contributed by atoms with Gasteiger partial charge >= 0.3 is 0 Å². The van der Waals surface area contributed by atoms with Crippen molar-refractivity contribution in [3.63, 3.8) is 0 Å². The minimum Gasteiger partial charge on any atom is -0.325 e. The van der Waals surface area contributed by atoms with Crippen LogP contribution in [0, 0.1) is 20.8 Å². The van der Waals surface area contributed by atoms with E-state index < -0.39 is 0 Å². The summed E-state index contributed by atoms with van der Waals surface area (Å²) < 4.78 is 0. The highest BCUT2D eigenvalue weighted by Gasteiger charge is 2.21. The Balaban J connectivity index is 0.000000581. The lowest BCUT2D eigenvalue weighted by Gasteiger charge is -2.09. The van der Waals surface area contributed by atoms with Gasteiger partial charge in [-0.15, -0.1) is 0 Å². The lowest BCUT2D eigenvalue weighted by molar-refractivity contribution is -0.115. The Morgan fingerprint density at radius 2 is 1.53 bits per heavy atom. The first kappa shape index (κ1) is 15.7. The summed E-state index contributed by atoms with van der Waals surface area (Å²) in [6, 6.07) is 2.12. The summed E-state index contributed by atoms with van der Waals surface area (Å²) in [5.74, 6) is 0.117. The molecule has 1 heterocycles. The van der Waals surface area contributed by atoms with E-state index in [2.05, 4.69) is 25.2 Å². The van der Waals surface area contributed by atoms with Gasteiger partial charge in [-0.25, -0.2) is 0 Å². The van der Waals surface area contributed by atoms with E-state index in [1.165, 1.54) is 22.3 Å². The van der Waals surface area contributed by atoms with Crippen molar-refractivity contribution in [2.24, 2.45) is 0 Å². The number of amides is 1. The fourth-order valence-corrected chi connectivity index (χ4v) is 1.91. The van der Waals surface area contributed by atoms with Gasteiger partial charge in [-0.1, -0.05) is 33.8 Å². The third kappa shape index (κ3) is 3.32. The number of hydrogen-bond donors (Lipinski definition) is 1. The van der Waals surface area contributed by atoms with Crippen molar-refractivity contribution in [3.8, 4) is 0 Å². The summed E-state index contributed by atoms with van der Waals surface area (Å²) in [7, 11) is 0. The number of fused-ring (bicyclic) bond motifs is 1. The van der Waals surface area contributed by atoms with Crippen LogP contribution in [0.25, 0.3) is 0 Å². The van der Waals surface area contributed by atoms with E-state index in [0.29, 0.717) is 6.42 Å². The van der Waals surface area contributed by atoms with Crippen molar-refractivity contribution in [2.75, 3.05) is 5.32 Å². The number of aryl methyl sites for hydroxylation is 2. The Kier molecular flexibility index (Phi) is 6.55. The van der Waals surface area contributed by atoms with E-state index in [0.717, 1.165) is 5.69 Å². The van der Waals surface area contributed by atoms with Crippen LogP contribution in [0.2, 0.25) is 0 Å². The van der Waals surface area contributed by atoms with Gasteiger partial charge in [0, 0.05) is 5.69 Å². The van der Waals surface area contributed by atoms with E-state index in [1.807, 2.05) is 34.6 Å². The lowest BCUT2D eigenvalue weighted by Crippen LogP contribution is -2.04. The molecule has 0 saturated carbocycles. The summed E-state index contributed by atoms with van der Waals surface area (Å²) in [6.07, 6.45) is 0.545. The molecule has 0 unspecified atom stereocenters. The molecule has 2 rings (SSSR count). The molecule has 96 valence electrons. The fraction of sp³-hybridized carbons (Fsp3) is 0.533. The molecule has 17 heavy (non-hydrogen) atoms. The van der Waals surface area contributed by atoms with Crippen molar-refractivity contribution in [1.29, 1.82) is 0 Å². The number of rotatable bonds is 0. The van der Waals surface area contributed by atoms with Gasteiger partial charge in [-0.2, -0.15) is 0 Å². The van der Waals surface area contributed by atoms with Gasteiger partial charge < -0.3 is 5.32 Å². The van der Waals surface area contributed by atoms with Crippen LogP contribution in [0.4, 0.5) is 5.69 Å². The number of benzene rings is 1. The highest BCUT2D eigenvalue weighted by Crippen LogP contribution is 2.31. The van der Waals surface area contributed by atoms with Crippen LogP contribution < -0.4 is 5.32 Å². The van der Waals surface area contributed by atoms with Crippen LogP contribution in [-0.4, -0.2) is 5.91 Å². The van der Waals surface area contributed by atoms with Crippen molar-refractivity contribution >= 4 is 11.6 Å². The Morgan fingerprint density at radius 3 is 2.06 bits per heavy atom. The lowest BCUT2D eigenvalue weighted by atomic mass is 9.98. The highest BCUT2D eigenvalue weighted by molar-refractivity contribution is 6.00. The molecule has 0 atom stereocenters. The smallest absolute Gasteiger partial charge is 0.228 e. The number of nitrogens with one attached hydrogen (secondary N) is 1. The molecule has 0 saturated heterocycles. The molecule has 0 bridgehead atoms. The predicted molar refractivity (Wildman–Crippen MR) is 75.7 cm³/mol. The molecule has 0 spiro atoms. The van der Waals surface area contributed by atoms with Gasteiger partial charge in [0.2, 0.25) is 5.91 Å². The van der Waals surface area contributed by atoms with Crippen molar-refractivity contribution in [2.45, 2.75) is 54.9 Å². The van der Waals surface area contributed by atoms with Crippen LogP contribution in [0.3, 0.4) is 0 Å². The Hall–Kier alpha value is -1.31. The van der Waals surface area contributed by atoms with E-state index in [1.54, 1.807) is 0 Å². The Morgan fingerprint density at radius 1 is 1.00 bits per heavy atom. The molecule has 1 aromatic carbocycles. The first-order chi connectivity index (χ1) is 8.09. The van der Waals surface area contributed by atoms with Gasteiger partial charge in [0.1, 0.15) is 0 Å². The van der Waals surface area contributed by atoms with Crippen molar-refractivity contribution in [3.05, 3.63) is 28.3 Å². The zero-order valence-electron chi connectivity index (χ0n) is 12.2. The minimum absolute atomic E-state index is 0.117. The average Bonchev–Trinajstić information content (AvgIpc) is 2.74. The van der Waals surface area contributed by atoms with Gasteiger partial charge in [-0.05, 0) is 43.0 Å². The molecule has 0 aromatic heterocycles. The summed E-state index contributed by atoms with van der Waals surface area (Å²) in [4.78, 5) is 11.2. The monoisotopic (exact) mass is 235 g/mol. The maximum Gasteiger partial charge on any atom is 0.228 e. The number of carbonyl (C=O) groups excluding carboxylic acids is 1. The molecule has 0 fully saturated rings. The second-order valence-electron chi connectivity index (χ2n) is 3.71. The molecule has 1 amide bonds. The predicted octanol–water partition coefficient (Wildman–Crippen LogP) is 4.16. The SMILES string of the molecule is CC.CC.Cc1cc(C)c2c(c1C)CC(=O)N2. The van der Waals surface area contributed by atoms with Crippen LogP contribution in [0.15, 0.2) is 6.07 Å². The van der Waals surface area contributed by atoms with E-state index in [-0.39, 0.29) is 5.91 Å². The van der Waals surface area contributed by atoms with E-state index >= 15 is 0 Å². The molecule has 2 heteroatoms. The van der Waals surface area contributed by atoms with Gasteiger partial charge in [-0.3, -0.25) is 4.79 Å². The quantitative estimate of drug-likeness (QED) is 0.718. The number of carbonyl (C=O) groups is 1. The molecule has 1 aliphatic rings. The second kappa shape index (κ2) is 7.10. The van der Waals surface area contributed by atoms with Gasteiger partial charge in [0.15, 0.2) is 0 Å². The van der Waals surface area contributed by atoms with Crippen LogP contribution in [0.5, 0.6) is 0 Å². The number of anilines is 1. The molecule has 0 aliphatic carbocycles. The largest absolute Gasteiger partial charge is 0.325 e. The summed E-state index contributed by atoms with van der Waals surface area (Å²) in [6.45, 7) is 14.2. The molecular weight excluding hydrogens is 210 g/mol. The normalized spacial score (nSPS) is 11.6. The van der Waals surface area contributed by atoms with Gasteiger partial charge in [0.25, 0.3) is 0 Å². The minimum atomic E-state index is 0.117. The van der Waals surface area contributed by atoms with Crippen molar-refractivity contribution < 1.29 is 4.79 Å². The summed E-state index contributed by atoms with van der Waals surface area (Å²) >= 11 is 0. The third-order valence-electron chi connectivity index (χ3n) is 2.78. The van der Waals surface area contributed by atoms with Gasteiger partial charge in [0.05, 0.1) is 6.42 Å².